The quantitative estimate of drug-likeness (QED) is 0.758. The Kier molecular flexibility index (Phi) is 6.17. The minimum atomic E-state index is -0.570. The number of nitrogens with two attached hydrogens (primary N) is 1. The third kappa shape index (κ3) is 5.39. The van der Waals surface area contributed by atoms with E-state index in [0.717, 1.165) is 16.8 Å². The highest BCUT2D eigenvalue weighted by Crippen LogP contribution is 2.28. The highest BCUT2D eigenvalue weighted by atomic mass is 16.5. The number of primary amides is 1. The molecule has 0 fully saturated rings. The molecule has 2 rings (SSSR count). The first-order valence-electron chi connectivity index (χ1n) is 7.63. The van der Waals surface area contributed by atoms with E-state index in [0.29, 0.717) is 11.5 Å². The van der Waals surface area contributed by atoms with E-state index in [1.165, 1.54) is 13.2 Å². The van der Waals surface area contributed by atoms with Gasteiger partial charge in [0.05, 0.1) is 7.11 Å². The van der Waals surface area contributed by atoms with Crippen molar-refractivity contribution in [1.82, 2.24) is 0 Å². The zero-order valence-electron chi connectivity index (χ0n) is 14.1. The number of anilines is 1. The maximum absolute atomic E-state index is 12.0. The highest BCUT2D eigenvalue weighted by molar-refractivity contribution is 6.02. The molecule has 0 atom stereocenters. The van der Waals surface area contributed by atoms with Gasteiger partial charge in [-0.15, -0.1) is 0 Å². The molecular formula is C19H20N2O4. The van der Waals surface area contributed by atoms with E-state index in [1.807, 2.05) is 31.2 Å². The van der Waals surface area contributed by atoms with Gasteiger partial charge in [-0.3, -0.25) is 9.59 Å². The minimum Gasteiger partial charge on any atom is -0.493 e. The van der Waals surface area contributed by atoms with Crippen LogP contribution in [0.25, 0.3) is 6.08 Å². The van der Waals surface area contributed by atoms with Crippen LogP contribution in [0, 0.1) is 6.92 Å². The lowest BCUT2D eigenvalue weighted by Gasteiger charge is -2.10. The van der Waals surface area contributed by atoms with Gasteiger partial charge in [-0.2, -0.15) is 0 Å². The van der Waals surface area contributed by atoms with Crippen molar-refractivity contribution < 1.29 is 19.1 Å². The molecule has 0 heterocycles. The molecule has 0 bridgehead atoms. The average molecular weight is 340 g/mol. The first-order chi connectivity index (χ1) is 12.0. The van der Waals surface area contributed by atoms with Gasteiger partial charge in [-0.05, 0) is 42.3 Å². The van der Waals surface area contributed by atoms with E-state index in [2.05, 4.69) is 5.32 Å². The molecule has 0 radical (unpaired) electrons. The summed E-state index contributed by atoms with van der Waals surface area (Å²) < 4.78 is 10.5. The average Bonchev–Trinajstić information content (AvgIpc) is 2.60. The third-order valence-electron chi connectivity index (χ3n) is 3.39. The number of aryl methyl sites for hydroxylation is 1. The van der Waals surface area contributed by atoms with Crippen LogP contribution in [0.15, 0.2) is 48.5 Å². The second-order valence-electron chi connectivity index (χ2n) is 5.30. The van der Waals surface area contributed by atoms with Gasteiger partial charge in [0, 0.05) is 11.8 Å². The highest BCUT2D eigenvalue weighted by Gasteiger charge is 2.07. The SMILES string of the molecule is COc1cc(/C=C/C(=O)Nc2ccccc2C)ccc1OCC(N)=O. The topological polar surface area (TPSA) is 90.7 Å². The summed E-state index contributed by atoms with van der Waals surface area (Å²) in [6, 6.07) is 12.6. The van der Waals surface area contributed by atoms with Gasteiger partial charge in [0.25, 0.3) is 5.91 Å². The minimum absolute atomic E-state index is 0.232. The van der Waals surface area contributed by atoms with Crippen molar-refractivity contribution in [2.75, 3.05) is 19.0 Å². The van der Waals surface area contributed by atoms with Crippen LogP contribution in [-0.4, -0.2) is 25.5 Å². The number of hydrogen-bond acceptors (Lipinski definition) is 4. The Balaban J connectivity index is 2.06. The predicted molar refractivity (Wildman–Crippen MR) is 96.5 cm³/mol. The van der Waals surface area contributed by atoms with E-state index >= 15 is 0 Å². The van der Waals surface area contributed by atoms with Gasteiger partial charge < -0.3 is 20.5 Å². The number of rotatable bonds is 7. The molecule has 6 nitrogen and oxygen atoms in total. The monoisotopic (exact) mass is 340 g/mol. The maximum atomic E-state index is 12.0. The lowest BCUT2D eigenvalue weighted by molar-refractivity contribution is -0.120. The van der Waals surface area contributed by atoms with Crippen molar-refractivity contribution >= 4 is 23.6 Å². The normalized spacial score (nSPS) is 10.5. The summed E-state index contributed by atoms with van der Waals surface area (Å²) in [6.45, 7) is 1.69. The molecule has 0 aliphatic carbocycles. The summed E-state index contributed by atoms with van der Waals surface area (Å²) in [5.74, 6) is 0.0479. The molecule has 0 saturated carbocycles. The molecule has 2 amide bonds. The van der Waals surface area contributed by atoms with Crippen LogP contribution < -0.4 is 20.5 Å². The molecule has 25 heavy (non-hydrogen) atoms. The number of amides is 2. The van der Waals surface area contributed by atoms with Crippen molar-refractivity contribution in [3.05, 3.63) is 59.7 Å². The van der Waals surface area contributed by atoms with Gasteiger partial charge in [-0.1, -0.05) is 24.3 Å². The number of para-hydroxylation sites is 1. The lowest BCUT2D eigenvalue weighted by Crippen LogP contribution is -2.20. The zero-order chi connectivity index (χ0) is 18.2. The molecule has 6 heteroatoms. The van der Waals surface area contributed by atoms with Crippen molar-refractivity contribution in [3.63, 3.8) is 0 Å². The van der Waals surface area contributed by atoms with Crippen LogP contribution in [0.1, 0.15) is 11.1 Å². The van der Waals surface area contributed by atoms with Crippen molar-refractivity contribution in [2.24, 2.45) is 5.73 Å². The summed E-state index contributed by atoms with van der Waals surface area (Å²) in [6.07, 6.45) is 3.10. The van der Waals surface area contributed by atoms with E-state index < -0.39 is 5.91 Å². The first-order valence-corrected chi connectivity index (χ1v) is 7.63. The third-order valence-corrected chi connectivity index (χ3v) is 3.39. The molecule has 0 saturated heterocycles. The van der Waals surface area contributed by atoms with Crippen molar-refractivity contribution in [3.8, 4) is 11.5 Å². The molecule has 2 aromatic carbocycles. The number of carbonyl (C=O) groups excluding carboxylic acids is 2. The Morgan fingerprint density at radius 1 is 1.16 bits per heavy atom. The Labute approximate surface area is 146 Å². The lowest BCUT2D eigenvalue weighted by atomic mass is 10.1. The van der Waals surface area contributed by atoms with E-state index in [1.54, 1.807) is 24.3 Å². The van der Waals surface area contributed by atoms with Crippen LogP contribution in [0.4, 0.5) is 5.69 Å². The smallest absolute Gasteiger partial charge is 0.255 e. The van der Waals surface area contributed by atoms with Gasteiger partial charge in [0.2, 0.25) is 5.91 Å². The second kappa shape index (κ2) is 8.54. The van der Waals surface area contributed by atoms with E-state index in [4.69, 9.17) is 15.2 Å². The molecule has 130 valence electrons. The van der Waals surface area contributed by atoms with Gasteiger partial charge in [0.15, 0.2) is 18.1 Å². The number of nitrogens with one attached hydrogen (secondary N) is 1. The fraction of sp³-hybridized carbons (Fsp3) is 0.158. The van der Waals surface area contributed by atoms with Gasteiger partial charge in [-0.25, -0.2) is 0 Å². The molecule has 0 aromatic heterocycles. The van der Waals surface area contributed by atoms with Gasteiger partial charge in [0.1, 0.15) is 0 Å². The molecule has 0 spiro atoms. The van der Waals surface area contributed by atoms with E-state index in [-0.39, 0.29) is 12.5 Å². The Morgan fingerprint density at radius 2 is 1.92 bits per heavy atom. The van der Waals surface area contributed by atoms with Crippen molar-refractivity contribution in [2.45, 2.75) is 6.92 Å². The summed E-state index contributed by atoms with van der Waals surface area (Å²) in [5.41, 5.74) is 7.57. The number of hydrogen-bond donors (Lipinski definition) is 2. The second-order valence-corrected chi connectivity index (χ2v) is 5.30. The van der Waals surface area contributed by atoms with Crippen LogP contribution in [0.3, 0.4) is 0 Å². The van der Waals surface area contributed by atoms with Gasteiger partial charge >= 0.3 is 0 Å². The van der Waals surface area contributed by atoms with Crippen LogP contribution in [0.2, 0.25) is 0 Å². The summed E-state index contributed by atoms with van der Waals surface area (Å²) in [4.78, 5) is 22.8. The molecular weight excluding hydrogens is 320 g/mol. The van der Waals surface area contributed by atoms with Crippen molar-refractivity contribution in [1.29, 1.82) is 0 Å². The van der Waals surface area contributed by atoms with Crippen LogP contribution in [-0.2, 0) is 9.59 Å². The summed E-state index contributed by atoms with van der Waals surface area (Å²) >= 11 is 0. The Hall–Kier alpha value is -3.28. The molecule has 0 aliphatic heterocycles. The maximum Gasteiger partial charge on any atom is 0.255 e. The number of ether oxygens (including phenoxy) is 2. The summed E-state index contributed by atoms with van der Waals surface area (Å²) in [5, 5.41) is 2.82. The number of benzene rings is 2. The van der Waals surface area contributed by atoms with Crippen LogP contribution >= 0.6 is 0 Å². The number of methoxy groups -OCH3 is 1. The zero-order valence-corrected chi connectivity index (χ0v) is 14.1. The first kappa shape index (κ1) is 18.1. The summed E-state index contributed by atoms with van der Waals surface area (Å²) in [7, 11) is 1.49. The van der Waals surface area contributed by atoms with Crippen LogP contribution in [0.5, 0.6) is 11.5 Å². The fourth-order valence-electron chi connectivity index (χ4n) is 2.12. The molecule has 2 aromatic rings. The standard InChI is InChI=1S/C19H20N2O4/c1-13-5-3-4-6-15(13)21-19(23)10-8-14-7-9-16(17(11-14)24-2)25-12-18(20)22/h3-11H,12H2,1-2H3,(H2,20,22)(H,21,23)/b10-8+. The number of carbonyl (C=O) groups is 2. The van der Waals surface area contributed by atoms with E-state index in [9.17, 15) is 9.59 Å². The predicted octanol–water partition coefficient (Wildman–Crippen LogP) is 2.52. The molecule has 0 unspecified atom stereocenters. The molecule has 0 aliphatic rings. The molecule has 3 N–H and O–H groups in total. The fourth-order valence-corrected chi connectivity index (χ4v) is 2.12. The Morgan fingerprint density at radius 3 is 2.60 bits per heavy atom. The Bertz CT molecular complexity index is 800. The largest absolute Gasteiger partial charge is 0.493 e.